The van der Waals surface area contributed by atoms with Gasteiger partial charge in [0.1, 0.15) is 0 Å². The molecule has 1 heterocycles. The first-order valence-corrected chi connectivity index (χ1v) is 11.3. The highest BCUT2D eigenvalue weighted by Gasteiger charge is 2.18. The monoisotopic (exact) mass is 488 g/mol. The van der Waals surface area contributed by atoms with E-state index in [1.54, 1.807) is 36.4 Å². The topological polar surface area (TPSA) is 59.8 Å². The predicted octanol–water partition coefficient (Wildman–Crippen LogP) is 6.63. The van der Waals surface area contributed by atoms with E-state index in [-0.39, 0.29) is 11.7 Å². The van der Waals surface area contributed by atoms with Crippen LogP contribution in [0.2, 0.25) is 15.1 Å². The van der Waals surface area contributed by atoms with Gasteiger partial charge in [-0.15, -0.1) is 10.2 Å². The van der Waals surface area contributed by atoms with Crippen molar-refractivity contribution in [3.05, 3.63) is 87.9 Å². The quantitative estimate of drug-likeness (QED) is 0.309. The van der Waals surface area contributed by atoms with Gasteiger partial charge in [-0.1, -0.05) is 64.8 Å². The van der Waals surface area contributed by atoms with E-state index >= 15 is 0 Å². The number of rotatable bonds is 6. The molecular weight excluding hydrogens is 475 g/mol. The molecule has 3 aromatic carbocycles. The Labute approximate surface area is 198 Å². The minimum Gasteiger partial charge on any atom is -0.325 e. The van der Waals surface area contributed by atoms with Crippen molar-refractivity contribution >= 4 is 58.2 Å². The van der Waals surface area contributed by atoms with Crippen LogP contribution in [0.3, 0.4) is 0 Å². The summed E-state index contributed by atoms with van der Waals surface area (Å²) >= 11 is 19.4. The van der Waals surface area contributed by atoms with E-state index in [0.29, 0.717) is 31.7 Å². The highest BCUT2D eigenvalue weighted by atomic mass is 35.5. The van der Waals surface area contributed by atoms with Crippen LogP contribution in [-0.4, -0.2) is 26.4 Å². The van der Waals surface area contributed by atoms with Crippen LogP contribution >= 0.6 is 46.6 Å². The van der Waals surface area contributed by atoms with Crippen molar-refractivity contribution in [2.45, 2.75) is 5.16 Å². The number of amides is 1. The lowest BCUT2D eigenvalue weighted by molar-refractivity contribution is -0.113. The number of nitrogens with one attached hydrogen (secondary N) is 1. The number of halogens is 3. The van der Waals surface area contributed by atoms with Crippen molar-refractivity contribution in [2.75, 3.05) is 11.1 Å². The molecular formula is C22H15Cl3N4OS. The zero-order chi connectivity index (χ0) is 21.8. The SMILES string of the molecule is O=C(CSc1nnc(-c2ccc(Cl)c(Cl)c2)n1-c1ccccc1)Nc1ccc(Cl)cc1. The van der Waals surface area contributed by atoms with Crippen LogP contribution in [0, 0.1) is 0 Å². The van der Waals surface area contributed by atoms with E-state index in [9.17, 15) is 4.79 Å². The number of carbonyl (C=O) groups is 1. The Morgan fingerprint density at radius 3 is 2.35 bits per heavy atom. The van der Waals surface area contributed by atoms with E-state index in [1.165, 1.54) is 11.8 Å². The minimum absolute atomic E-state index is 0.161. The highest BCUT2D eigenvalue weighted by molar-refractivity contribution is 7.99. The lowest BCUT2D eigenvalue weighted by atomic mass is 10.2. The van der Waals surface area contributed by atoms with Crippen molar-refractivity contribution < 1.29 is 4.79 Å². The van der Waals surface area contributed by atoms with Crippen molar-refractivity contribution in [2.24, 2.45) is 0 Å². The van der Waals surface area contributed by atoms with E-state index in [1.807, 2.05) is 41.0 Å². The maximum Gasteiger partial charge on any atom is 0.234 e. The maximum atomic E-state index is 12.4. The number of para-hydroxylation sites is 1. The zero-order valence-corrected chi connectivity index (χ0v) is 19.0. The van der Waals surface area contributed by atoms with Gasteiger partial charge in [-0.3, -0.25) is 9.36 Å². The first-order valence-electron chi connectivity index (χ1n) is 9.16. The lowest BCUT2D eigenvalue weighted by Crippen LogP contribution is -2.14. The number of anilines is 1. The Morgan fingerprint density at radius 1 is 0.903 bits per heavy atom. The molecule has 0 saturated heterocycles. The molecule has 0 aliphatic carbocycles. The van der Waals surface area contributed by atoms with Crippen molar-refractivity contribution in [1.82, 2.24) is 14.8 Å². The number of nitrogens with zero attached hydrogens (tertiary/aromatic N) is 3. The molecule has 0 bridgehead atoms. The fraction of sp³-hybridized carbons (Fsp3) is 0.0455. The first kappa shape index (κ1) is 21.7. The molecule has 0 spiro atoms. The maximum absolute atomic E-state index is 12.4. The van der Waals surface area contributed by atoms with E-state index in [2.05, 4.69) is 15.5 Å². The summed E-state index contributed by atoms with van der Waals surface area (Å²) in [5, 5.41) is 13.6. The molecule has 4 aromatic rings. The van der Waals surface area contributed by atoms with Crippen molar-refractivity contribution in [3.8, 4) is 17.1 Å². The molecule has 1 N–H and O–H groups in total. The number of hydrogen-bond acceptors (Lipinski definition) is 4. The Kier molecular flexibility index (Phi) is 6.83. The van der Waals surface area contributed by atoms with Crippen LogP contribution in [-0.2, 0) is 4.79 Å². The summed E-state index contributed by atoms with van der Waals surface area (Å²) in [6.07, 6.45) is 0. The van der Waals surface area contributed by atoms with E-state index in [4.69, 9.17) is 34.8 Å². The van der Waals surface area contributed by atoms with Gasteiger partial charge >= 0.3 is 0 Å². The average molecular weight is 490 g/mol. The fourth-order valence-corrected chi connectivity index (χ4v) is 4.03. The third-order valence-corrected chi connectivity index (χ3v) is 6.21. The van der Waals surface area contributed by atoms with Gasteiger partial charge < -0.3 is 5.32 Å². The molecule has 9 heteroatoms. The molecule has 156 valence electrons. The van der Waals surface area contributed by atoms with Gasteiger partial charge in [0.2, 0.25) is 5.91 Å². The van der Waals surface area contributed by atoms with Gasteiger partial charge in [-0.2, -0.15) is 0 Å². The molecule has 1 amide bonds. The molecule has 0 radical (unpaired) electrons. The van der Waals surface area contributed by atoms with Gasteiger partial charge in [-0.25, -0.2) is 0 Å². The minimum atomic E-state index is -0.161. The summed E-state index contributed by atoms with van der Waals surface area (Å²) in [6, 6.07) is 21.9. The number of carbonyl (C=O) groups excluding carboxylic acids is 1. The van der Waals surface area contributed by atoms with E-state index in [0.717, 1.165) is 11.3 Å². The van der Waals surface area contributed by atoms with Gasteiger partial charge in [0, 0.05) is 22.0 Å². The van der Waals surface area contributed by atoms with Crippen LogP contribution < -0.4 is 5.32 Å². The fourth-order valence-electron chi connectivity index (χ4n) is 2.86. The van der Waals surface area contributed by atoms with Gasteiger partial charge in [-0.05, 0) is 54.6 Å². The molecule has 1 aromatic heterocycles. The van der Waals surface area contributed by atoms with Crippen LogP contribution in [0.15, 0.2) is 78.0 Å². The molecule has 0 atom stereocenters. The molecule has 0 aliphatic rings. The molecule has 0 unspecified atom stereocenters. The van der Waals surface area contributed by atoms with Gasteiger partial charge in [0.25, 0.3) is 0 Å². The van der Waals surface area contributed by atoms with Crippen LogP contribution in [0.4, 0.5) is 5.69 Å². The second kappa shape index (κ2) is 9.75. The number of benzene rings is 3. The predicted molar refractivity (Wildman–Crippen MR) is 128 cm³/mol. The Bertz CT molecular complexity index is 1210. The van der Waals surface area contributed by atoms with Crippen LogP contribution in [0.25, 0.3) is 17.1 Å². The Morgan fingerprint density at radius 2 is 1.65 bits per heavy atom. The molecule has 0 saturated carbocycles. The second-order valence-corrected chi connectivity index (χ2v) is 8.64. The van der Waals surface area contributed by atoms with Crippen LogP contribution in [0.5, 0.6) is 0 Å². The standard InChI is InChI=1S/C22H15Cl3N4OS/c23-15-7-9-16(10-8-15)26-20(30)13-31-22-28-27-21(14-6-11-18(24)19(25)12-14)29(22)17-4-2-1-3-5-17/h1-12H,13H2,(H,26,30). The van der Waals surface area contributed by atoms with E-state index < -0.39 is 0 Å². The average Bonchev–Trinajstić information content (AvgIpc) is 3.20. The zero-order valence-electron chi connectivity index (χ0n) is 15.9. The third kappa shape index (κ3) is 5.22. The lowest BCUT2D eigenvalue weighted by Gasteiger charge is -2.11. The Hall–Kier alpha value is -2.51. The summed E-state index contributed by atoms with van der Waals surface area (Å²) in [5.74, 6) is 0.603. The Balaban J connectivity index is 1.60. The molecule has 4 rings (SSSR count). The summed E-state index contributed by atoms with van der Waals surface area (Å²) in [7, 11) is 0. The van der Waals surface area contributed by atoms with Gasteiger partial charge in [0.15, 0.2) is 11.0 Å². The first-order chi connectivity index (χ1) is 15.0. The number of hydrogen-bond donors (Lipinski definition) is 1. The second-order valence-electron chi connectivity index (χ2n) is 6.45. The summed E-state index contributed by atoms with van der Waals surface area (Å²) in [5.41, 5.74) is 2.31. The third-order valence-electron chi connectivity index (χ3n) is 4.29. The normalized spacial score (nSPS) is 10.8. The number of aromatic nitrogens is 3. The number of thioether (sulfide) groups is 1. The molecule has 0 aliphatic heterocycles. The summed E-state index contributed by atoms with van der Waals surface area (Å²) in [6.45, 7) is 0. The van der Waals surface area contributed by atoms with Gasteiger partial charge in [0.05, 0.1) is 15.8 Å². The summed E-state index contributed by atoms with van der Waals surface area (Å²) in [4.78, 5) is 12.4. The molecule has 0 fully saturated rings. The summed E-state index contributed by atoms with van der Waals surface area (Å²) < 4.78 is 1.89. The largest absolute Gasteiger partial charge is 0.325 e. The molecule has 5 nitrogen and oxygen atoms in total. The molecule has 31 heavy (non-hydrogen) atoms. The van der Waals surface area contributed by atoms with Crippen LogP contribution in [0.1, 0.15) is 0 Å². The highest BCUT2D eigenvalue weighted by Crippen LogP contribution is 2.31. The van der Waals surface area contributed by atoms with Crippen molar-refractivity contribution in [3.63, 3.8) is 0 Å². The smallest absolute Gasteiger partial charge is 0.234 e. The van der Waals surface area contributed by atoms with Crippen molar-refractivity contribution in [1.29, 1.82) is 0 Å².